The Morgan fingerprint density at radius 3 is 2.48 bits per heavy atom. The van der Waals surface area contributed by atoms with Gasteiger partial charge in [-0.25, -0.2) is 4.98 Å². The summed E-state index contributed by atoms with van der Waals surface area (Å²) in [6.45, 7) is 4.58. The number of ether oxygens (including phenoxy) is 1. The van der Waals surface area contributed by atoms with Crippen molar-refractivity contribution >= 4 is 22.5 Å². The van der Waals surface area contributed by atoms with E-state index in [1.54, 1.807) is 12.1 Å². The van der Waals surface area contributed by atoms with Gasteiger partial charge in [0.25, 0.3) is 5.91 Å². The summed E-state index contributed by atoms with van der Waals surface area (Å²) in [5.74, 6) is 1.12. The van der Waals surface area contributed by atoms with Gasteiger partial charge in [-0.1, -0.05) is 6.07 Å². The number of amides is 1. The Hall–Kier alpha value is -3.18. The molecule has 3 aromatic rings. The minimum absolute atomic E-state index is 0.303. The van der Waals surface area contributed by atoms with Gasteiger partial charge in [-0.2, -0.15) is 18.3 Å². The van der Waals surface area contributed by atoms with Gasteiger partial charge in [0, 0.05) is 30.7 Å². The molecule has 0 bridgehead atoms. The number of carbonyl (C=O) groups excluding carboxylic acids is 1. The van der Waals surface area contributed by atoms with Crippen molar-refractivity contribution in [2.45, 2.75) is 50.7 Å². The molecule has 0 spiro atoms. The largest absolute Gasteiger partial charge is 0.494 e. The lowest BCUT2D eigenvalue weighted by Crippen LogP contribution is -2.37. The van der Waals surface area contributed by atoms with Gasteiger partial charge in [0.2, 0.25) is 0 Å². The van der Waals surface area contributed by atoms with Crippen LogP contribution in [-0.4, -0.2) is 65.9 Å². The van der Waals surface area contributed by atoms with E-state index in [0.717, 1.165) is 74.3 Å². The average molecular weight is 559 g/mol. The topological polar surface area (TPSA) is 84.3 Å². The molecule has 0 atom stereocenters. The standard InChI is InChI=1S/C29H37F3N6O2/c1-37(17-20-10-12-33-13-11-20)16-19-6-8-22(9-7-19)38-18-21-14-25(26(40-2)15-24(21)36-38)35-28(39)23-4-3-5-27(34-23)29(30,31)32/h3-5,14-15,18-20,22,33H,6-13,16-17H2,1-2H3,(H,35,39). The van der Waals surface area contributed by atoms with Crippen molar-refractivity contribution in [1.29, 1.82) is 0 Å². The predicted molar refractivity (Wildman–Crippen MR) is 148 cm³/mol. The van der Waals surface area contributed by atoms with Gasteiger partial charge in [-0.05, 0) is 88.7 Å². The number of fused-ring (bicyclic) bond motifs is 1. The van der Waals surface area contributed by atoms with Crippen molar-refractivity contribution in [3.63, 3.8) is 0 Å². The Morgan fingerprint density at radius 2 is 1.80 bits per heavy atom. The second-order valence-electron chi connectivity index (χ2n) is 11.2. The van der Waals surface area contributed by atoms with Crippen LogP contribution in [-0.2, 0) is 6.18 Å². The Balaban J connectivity index is 1.22. The minimum atomic E-state index is -4.64. The van der Waals surface area contributed by atoms with E-state index in [4.69, 9.17) is 9.84 Å². The number of alkyl halides is 3. The van der Waals surface area contributed by atoms with Crippen molar-refractivity contribution in [2.24, 2.45) is 11.8 Å². The third-order valence-corrected chi connectivity index (χ3v) is 8.15. The zero-order valence-electron chi connectivity index (χ0n) is 23.0. The van der Waals surface area contributed by atoms with Crippen LogP contribution in [0.2, 0.25) is 0 Å². The van der Waals surface area contributed by atoms with Crippen LogP contribution >= 0.6 is 0 Å². The number of hydrogen-bond acceptors (Lipinski definition) is 6. The van der Waals surface area contributed by atoms with E-state index in [1.165, 1.54) is 32.6 Å². The van der Waals surface area contributed by atoms with E-state index in [-0.39, 0.29) is 5.69 Å². The lowest BCUT2D eigenvalue weighted by molar-refractivity contribution is -0.141. The normalized spacial score (nSPS) is 20.6. The highest BCUT2D eigenvalue weighted by Gasteiger charge is 2.33. The molecule has 11 heteroatoms. The molecule has 2 fully saturated rings. The third-order valence-electron chi connectivity index (χ3n) is 8.15. The van der Waals surface area contributed by atoms with Gasteiger partial charge in [-0.3, -0.25) is 9.48 Å². The van der Waals surface area contributed by atoms with Crippen molar-refractivity contribution in [3.8, 4) is 5.75 Å². The van der Waals surface area contributed by atoms with E-state index in [1.807, 2.05) is 10.9 Å². The Bertz CT molecular complexity index is 1310. The first kappa shape index (κ1) is 28.4. The number of pyridine rings is 1. The minimum Gasteiger partial charge on any atom is -0.494 e. The van der Waals surface area contributed by atoms with Crippen molar-refractivity contribution in [2.75, 3.05) is 45.7 Å². The summed E-state index contributed by atoms with van der Waals surface area (Å²) >= 11 is 0. The molecule has 1 amide bonds. The number of piperidine rings is 1. The van der Waals surface area contributed by atoms with Gasteiger partial charge < -0.3 is 20.3 Å². The van der Waals surface area contributed by atoms with Crippen LogP contribution in [0.5, 0.6) is 5.75 Å². The summed E-state index contributed by atoms with van der Waals surface area (Å²) in [6, 6.07) is 7.02. The van der Waals surface area contributed by atoms with Crippen LogP contribution in [0.4, 0.5) is 18.9 Å². The van der Waals surface area contributed by atoms with Crippen molar-refractivity contribution in [1.82, 2.24) is 25.0 Å². The highest BCUT2D eigenvalue weighted by molar-refractivity contribution is 6.05. The fourth-order valence-corrected chi connectivity index (χ4v) is 6.04. The maximum Gasteiger partial charge on any atom is 0.433 e. The number of hydrogen-bond donors (Lipinski definition) is 2. The fourth-order valence-electron chi connectivity index (χ4n) is 6.04. The third kappa shape index (κ3) is 6.75. The van der Waals surface area contributed by atoms with Gasteiger partial charge in [-0.15, -0.1) is 0 Å². The molecule has 3 heterocycles. The molecule has 0 radical (unpaired) electrons. The van der Waals surface area contributed by atoms with E-state index >= 15 is 0 Å². The molecule has 8 nitrogen and oxygen atoms in total. The number of rotatable bonds is 8. The molecule has 216 valence electrons. The Morgan fingerprint density at radius 1 is 1.10 bits per heavy atom. The molecule has 2 aliphatic rings. The Kier molecular flexibility index (Phi) is 8.60. The lowest BCUT2D eigenvalue weighted by Gasteiger charge is -2.33. The maximum absolute atomic E-state index is 13.0. The molecule has 2 N–H and O–H groups in total. The van der Waals surface area contributed by atoms with Gasteiger partial charge >= 0.3 is 6.18 Å². The smallest absolute Gasteiger partial charge is 0.433 e. The van der Waals surface area contributed by atoms with Gasteiger partial charge in [0.1, 0.15) is 17.1 Å². The number of carbonyl (C=O) groups is 1. The number of benzene rings is 1. The second-order valence-corrected chi connectivity index (χ2v) is 11.2. The summed E-state index contributed by atoms with van der Waals surface area (Å²) < 4.78 is 46.6. The quantitative estimate of drug-likeness (QED) is 0.387. The van der Waals surface area contributed by atoms with E-state index < -0.39 is 17.8 Å². The first-order chi connectivity index (χ1) is 19.2. The first-order valence-electron chi connectivity index (χ1n) is 14.0. The number of aromatic nitrogens is 3. The molecule has 2 aromatic heterocycles. The van der Waals surface area contributed by atoms with Crippen LogP contribution in [0, 0.1) is 11.8 Å². The zero-order chi connectivity index (χ0) is 28.3. The number of methoxy groups -OCH3 is 1. The van der Waals surface area contributed by atoms with E-state index in [9.17, 15) is 18.0 Å². The number of nitrogens with one attached hydrogen (secondary N) is 2. The predicted octanol–water partition coefficient (Wildman–Crippen LogP) is 5.37. The number of anilines is 1. The fraction of sp³-hybridized carbons (Fsp3) is 0.552. The zero-order valence-corrected chi connectivity index (χ0v) is 23.0. The SMILES string of the molecule is COc1cc2nn(C3CCC(CN(C)CC4CCNCC4)CC3)cc2cc1NC(=O)c1cccc(C(F)(F)F)n1. The van der Waals surface area contributed by atoms with Crippen LogP contribution < -0.4 is 15.4 Å². The molecule has 1 saturated heterocycles. The second kappa shape index (κ2) is 12.1. The highest BCUT2D eigenvalue weighted by atomic mass is 19.4. The maximum atomic E-state index is 13.0. The van der Waals surface area contributed by atoms with Gasteiger partial charge in [0.05, 0.1) is 24.4 Å². The summed E-state index contributed by atoms with van der Waals surface area (Å²) in [6.07, 6.45) is 4.30. The molecule has 1 saturated carbocycles. The van der Waals surface area contributed by atoms with E-state index in [2.05, 4.69) is 27.6 Å². The molecule has 40 heavy (non-hydrogen) atoms. The highest BCUT2D eigenvalue weighted by Crippen LogP contribution is 2.35. The molecule has 0 unspecified atom stereocenters. The van der Waals surface area contributed by atoms with Crippen LogP contribution in [0.1, 0.15) is 60.7 Å². The molecular formula is C29H37F3N6O2. The summed E-state index contributed by atoms with van der Waals surface area (Å²) in [4.78, 5) is 18.7. The van der Waals surface area contributed by atoms with Gasteiger partial charge in [0.15, 0.2) is 0 Å². The monoisotopic (exact) mass is 558 g/mol. The van der Waals surface area contributed by atoms with Crippen molar-refractivity contribution < 1.29 is 22.7 Å². The van der Waals surface area contributed by atoms with Crippen LogP contribution in [0.3, 0.4) is 0 Å². The molecule has 5 rings (SSSR count). The lowest BCUT2D eigenvalue weighted by atomic mass is 9.85. The first-order valence-corrected chi connectivity index (χ1v) is 14.0. The van der Waals surface area contributed by atoms with Crippen molar-refractivity contribution in [3.05, 3.63) is 47.9 Å². The summed E-state index contributed by atoms with van der Waals surface area (Å²) in [5.41, 5.74) is -0.368. The van der Waals surface area contributed by atoms with Crippen LogP contribution in [0.15, 0.2) is 36.5 Å². The molecule has 1 aromatic carbocycles. The summed E-state index contributed by atoms with van der Waals surface area (Å²) in [7, 11) is 3.72. The summed E-state index contributed by atoms with van der Waals surface area (Å²) in [5, 5.41) is 11.7. The van der Waals surface area contributed by atoms with E-state index in [0.29, 0.717) is 23.4 Å². The Labute approximate surface area is 232 Å². The van der Waals surface area contributed by atoms with Crippen LogP contribution in [0.25, 0.3) is 10.9 Å². The molecule has 1 aliphatic heterocycles. The molecular weight excluding hydrogens is 521 g/mol. The number of nitrogens with zero attached hydrogens (tertiary/aromatic N) is 4. The molecule has 1 aliphatic carbocycles. The number of halogens is 3. The average Bonchev–Trinajstić information content (AvgIpc) is 3.36.